The number of carbonyl (C=O) groups excluding carboxylic acids is 1. The molecule has 1 aromatic carbocycles. The maximum Gasteiger partial charge on any atom is 0.335 e. The zero-order valence-electron chi connectivity index (χ0n) is 14.3. The first kappa shape index (κ1) is 18.5. The van der Waals surface area contributed by atoms with Crippen molar-refractivity contribution < 1.29 is 19.4 Å². The first-order valence-electron chi connectivity index (χ1n) is 8.71. The topological polar surface area (TPSA) is 75.6 Å². The highest BCUT2D eigenvalue weighted by Gasteiger charge is 2.21. The Morgan fingerprint density at radius 3 is 2.67 bits per heavy atom. The zero-order valence-corrected chi connectivity index (χ0v) is 14.3. The first-order valence-corrected chi connectivity index (χ1v) is 8.71. The van der Waals surface area contributed by atoms with Crippen LogP contribution in [0.5, 0.6) is 0 Å². The summed E-state index contributed by atoms with van der Waals surface area (Å²) in [6, 6.07) is 7.53. The van der Waals surface area contributed by atoms with Gasteiger partial charge in [0.25, 0.3) is 0 Å². The number of carbonyl (C=O) groups is 2. The molecule has 0 radical (unpaired) electrons. The van der Waals surface area contributed by atoms with Crippen molar-refractivity contribution in [2.75, 3.05) is 7.11 Å². The summed E-state index contributed by atoms with van der Waals surface area (Å²) in [5.41, 5.74) is 1.43. The number of hydrogen-bond donors (Lipinski definition) is 2. The van der Waals surface area contributed by atoms with E-state index in [9.17, 15) is 9.59 Å². The summed E-state index contributed by atoms with van der Waals surface area (Å²) in [7, 11) is 1.44. The number of carboxylic acids is 1. The molecule has 1 saturated carbocycles. The van der Waals surface area contributed by atoms with Gasteiger partial charge in [-0.15, -0.1) is 0 Å². The third-order valence-electron chi connectivity index (χ3n) is 4.80. The van der Waals surface area contributed by atoms with Gasteiger partial charge in [-0.05, 0) is 49.3 Å². The molecule has 2 N–H and O–H groups in total. The quantitative estimate of drug-likeness (QED) is 0.713. The largest absolute Gasteiger partial charge is 0.478 e. The van der Waals surface area contributed by atoms with E-state index in [0.29, 0.717) is 23.9 Å². The van der Waals surface area contributed by atoms with Crippen molar-refractivity contribution in [2.45, 2.75) is 57.5 Å². The van der Waals surface area contributed by atoms with E-state index in [4.69, 9.17) is 5.11 Å². The molecular weight excluding hydrogens is 306 g/mol. The van der Waals surface area contributed by atoms with Crippen LogP contribution in [0, 0.1) is 5.92 Å². The summed E-state index contributed by atoms with van der Waals surface area (Å²) in [6.45, 7) is 0.763. The van der Waals surface area contributed by atoms with Gasteiger partial charge >= 0.3 is 11.9 Å². The summed E-state index contributed by atoms with van der Waals surface area (Å²) in [6.07, 6.45) is 7.29. The average molecular weight is 333 g/mol. The Bertz CT molecular complexity index is 541. The van der Waals surface area contributed by atoms with Gasteiger partial charge in [-0.25, -0.2) is 4.79 Å². The van der Waals surface area contributed by atoms with E-state index in [1.807, 2.05) is 12.1 Å². The molecular formula is C19H27NO4. The molecule has 2 rings (SSSR count). The molecule has 1 aromatic rings. The number of hydrogen-bond acceptors (Lipinski definition) is 4. The number of nitrogens with one attached hydrogen (secondary N) is 1. The molecule has 2 atom stereocenters. The average Bonchev–Trinajstić information content (AvgIpc) is 2.60. The van der Waals surface area contributed by atoms with Crippen LogP contribution in [0.25, 0.3) is 0 Å². The van der Waals surface area contributed by atoms with E-state index in [0.717, 1.165) is 31.4 Å². The first-order chi connectivity index (χ1) is 11.6. The molecule has 0 heterocycles. The SMILES string of the molecule is COC(=O)CCCC1CCCC(NCc2ccc(C(=O)O)cc2)C1. The van der Waals surface area contributed by atoms with Gasteiger partial charge in [-0.3, -0.25) is 4.79 Å². The number of aromatic carboxylic acids is 1. The van der Waals surface area contributed by atoms with Crippen LogP contribution in [0.1, 0.15) is 60.9 Å². The van der Waals surface area contributed by atoms with E-state index >= 15 is 0 Å². The van der Waals surface area contributed by atoms with Crippen molar-refractivity contribution in [2.24, 2.45) is 5.92 Å². The summed E-state index contributed by atoms with van der Waals surface area (Å²) in [5.74, 6) is -0.336. The maximum atomic E-state index is 11.2. The number of esters is 1. The molecule has 0 aliphatic heterocycles. The normalized spacial score (nSPS) is 20.5. The van der Waals surface area contributed by atoms with Crippen molar-refractivity contribution in [3.05, 3.63) is 35.4 Å². The predicted molar refractivity (Wildman–Crippen MR) is 91.9 cm³/mol. The molecule has 24 heavy (non-hydrogen) atoms. The van der Waals surface area contributed by atoms with Gasteiger partial charge in [0, 0.05) is 19.0 Å². The van der Waals surface area contributed by atoms with Gasteiger partial charge < -0.3 is 15.2 Å². The fourth-order valence-corrected chi connectivity index (χ4v) is 3.40. The minimum absolute atomic E-state index is 0.120. The fraction of sp³-hybridized carbons (Fsp3) is 0.579. The molecule has 0 amide bonds. The van der Waals surface area contributed by atoms with E-state index in [2.05, 4.69) is 10.1 Å². The highest BCUT2D eigenvalue weighted by atomic mass is 16.5. The molecule has 0 aromatic heterocycles. The maximum absolute atomic E-state index is 11.2. The molecule has 0 saturated heterocycles. The number of rotatable bonds is 8. The number of carboxylic acid groups (broad SMARTS) is 1. The van der Waals surface area contributed by atoms with Crippen LogP contribution >= 0.6 is 0 Å². The van der Waals surface area contributed by atoms with Crippen LogP contribution in [0.3, 0.4) is 0 Å². The summed E-state index contributed by atoms with van der Waals surface area (Å²) in [4.78, 5) is 22.0. The van der Waals surface area contributed by atoms with Crippen molar-refractivity contribution >= 4 is 11.9 Å². The standard InChI is InChI=1S/C19H27NO4/c1-24-18(21)7-3-5-14-4-2-6-17(12-14)20-13-15-8-10-16(11-9-15)19(22)23/h8-11,14,17,20H,2-7,12-13H2,1H3,(H,22,23). The van der Waals surface area contributed by atoms with E-state index in [1.165, 1.54) is 26.4 Å². The molecule has 5 heteroatoms. The highest BCUT2D eigenvalue weighted by Crippen LogP contribution is 2.28. The van der Waals surface area contributed by atoms with Crippen molar-refractivity contribution in [1.29, 1.82) is 0 Å². The number of benzene rings is 1. The second-order valence-corrected chi connectivity index (χ2v) is 6.58. The third-order valence-corrected chi connectivity index (χ3v) is 4.80. The van der Waals surface area contributed by atoms with Crippen LogP contribution in [-0.4, -0.2) is 30.2 Å². The Kier molecular flexibility index (Phi) is 7.25. The van der Waals surface area contributed by atoms with Crippen LogP contribution < -0.4 is 5.32 Å². The summed E-state index contributed by atoms with van der Waals surface area (Å²) < 4.78 is 4.68. The molecule has 132 valence electrons. The second-order valence-electron chi connectivity index (χ2n) is 6.58. The minimum atomic E-state index is -0.892. The molecule has 1 aliphatic carbocycles. The number of ether oxygens (including phenoxy) is 1. The fourth-order valence-electron chi connectivity index (χ4n) is 3.40. The Morgan fingerprint density at radius 1 is 1.25 bits per heavy atom. The van der Waals surface area contributed by atoms with Gasteiger partial charge in [0.2, 0.25) is 0 Å². The summed E-state index contributed by atoms with van der Waals surface area (Å²) >= 11 is 0. The molecule has 1 fully saturated rings. The Balaban J connectivity index is 1.72. The lowest BCUT2D eigenvalue weighted by Crippen LogP contribution is -2.33. The summed E-state index contributed by atoms with van der Waals surface area (Å²) in [5, 5.41) is 12.5. The highest BCUT2D eigenvalue weighted by molar-refractivity contribution is 5.87. The van der Waals surface area contributed by atoms with Gasteiger partial charge in [0.1, 0.15) is 0 Å². The van der Waals surface area contributed by atoms with Gasteiger partial charge in [-0.2, -0.15) is 0 Å². The predicted octanol–water partition coefficient (Wildman–Crippen LogP) is 3.38. The Morgan fingerprint density at radius 2 is 2.00 bits per heavy atom. The molecule has 0 bridgehead atoms. The van der Waals surface area contributed by atoms with E-state index in [-0.39, 0.29) is 5.97 Å². The Hall–Kier alpha value is -1.88. The Labute approximate surface area is 143 Å². The van der Waals surface area contributed by atoms with Gasteiger partial charge in [-0.1, -0.05) is 25.0 Å². The lowest BCUT2D eigenvalue weighted by atomic mass is 9.82. The van der Waals surface area contributed by atoms with Gasteiger partial charge in [0.15, 0.2) is 0 Å². The van der Waals surface area contributed by atoms with Crippen LogP contribution in [0.4, 0.5) is 0 Å². The van der Waals surface area contributed by atoms with Crippen molar-refractivity contribution in [1.82, 2.24) is 5.32 Å². The lowest BCUT2D eigenvalue weighted by molar-refractivity contribution is -0.140. The monoisotopic (exact) mass is 333 g/mol. The van der Waals surface area contributed by atoms with Crippen LogP contribution in [0.15, 0.2) is 24.3 Å². The van der Waals surface area contributed by atoms with Crippen molar-refractivity contribution in [3.63, 3.8) is 0 Å². The molecule has 2 unspecified atom stereocenters. The smallest absolute Gasteiger partial charge is 0.335 e. The molecule has 1 aliphatic rings. The molecule has 5 nitrogen and oxygen atoms in total. The third kappa shape index (κ3) is 5.96. The molecule has 0 spiro atoms. The zero-order chi connectivity index (χ0) is 17.4. The van der Waals surface area contributed by atoms with Crippen LogP contribution in [-0.2, 0) is 16.1 Å². The van der Waals surface area contributed by atoms with E-state index in [1.54, 1.807) is 12.1 Å². The van der Waals surface area contributed by atoms with E-state index < -0.39 is 5.97 Å². The van der Waals surface area contributed by atoms with Crippen molar-refractivity contribution in [3.8, 4) is 0 Å². The van der Waals surface area contributed by atoms with Crippen LogP contribution in [0.2, 0.25) is 0 Å². The van der Waals surface area contributed by atoms with Gasteiger partial charge in [0.05, 0.1) is 12.7 Å². The second kappa shape index (κ2) is 9.42. The lowest BCUT2D eigenvalue weighted by Gasteiger charge is -2.30. The number of methoxy groups -OCH3 is 1. The minimum Gasteiger partial charge on any atom is -0.478 e.